The maximum Gasteiger partial charge on any atom is 0.206 e. The molecule has 0 aromatic heterocycles. The van der Waals surface area contributed by atoms with Gasteiger partial charge in [-0.15, -0.1) is 0 Å². The summed E-state index contributed by atoms with van der Waals surface area (Å²) < 4.78 is 0. The molecule has 1 aromatic rings. The number of nitrogens with two attached hydrogens (primary N) is 1. The van der Waals surface area contributed by atoms with E-state index in [1.54, 1.807) is 0 Å². The van der Waals surface area contributed by atoms with E-state index in [-0.39, 0.29) is 0 Å². The van der Waals surface area contributed by atoms with Crippen LogP contribution in [0.1, 0.15) is 32.3 Å². The van der Waals surface area contributed by atoms with Gasteiger partial charge in [-0.1, -0.05) is 30.3 Å². The molecule has 5 heteroatoms. The first kappa shape index (κ1) is 15.8. The lowest BCUT2D eigenvalue weighted by Gasteiger charge is -2.30. The average Bonchev–Trinajstić information content (AvgIpc) is 2.49. The van der Waals surface area contributed by atoms with Crippen molar-refractivity contribution in [3.05, 3.63) is 35.9 Å². The molecule has 0 atom stereocenters. The van der Waals surface area contributed by atoms with Crippen molar-refractivity contribution in [1.82, 2.24) is 15.6 Å². The van der Waals surface area contributed by atoms with Crippen molar-refractivity contribution in [2.24, 2.45) is 10.8 Å². The SMILES string of the molecule is CC(C)NC(=NC1CCN(Cc2ccccc2)CC1)NN. The molecule has 0 spiro atoms. The smallest absolute Gasteiger partial charge is 0.206 e. The van der Waals surface area contributed by atoms with Gasteiger partial charge < -0.3 is 5.32 Å². The van der Waals surface area contributed by atoms with Crippen LogP contribution in [-0.2, 0) is 6.54 Å². The second-order valence-electron chi connectivity index (χ2n) is 5.91. The third-order valence-corrected chi connectivity index (χ3v) is 3.68. The van der Waals surface area contributed by atoms with Crippen LogP contribution >= 0.6 is 0 Å². The molecule has 1 saturated heterocycles. The Bertz CT molecular complexity index is 435. The van der Waals surface area contributed by atoms with E-state index in [0.717, 1.165) is 32.5 Å². The number of likely N-dealkylation sites (tertiary alicyclic amines) is 1. The Morgan fingerprint density at radius 3 is 2.52 bits per heavy atom. The Hall–Kier alpha value is -1.59. The Morgan fingerprint density at radius 1 is 1.29 bits per heavy atom. The second-order valence-corrected chi connectivity index (χ2v) is 5.91. The number of hydrogen-bond acceptors (Lipinski definition) is 3. The van der Waals surface area contributed by atoms with Gasteiger partial charge in [0.05, 0.1) is 6.04 Å². The van der Waals surface area contributed by atoms with E-state index in [4.69, 9.17) is 5.84 Å². The number of benzene rings is 1. The Morgan fingerprint density at radius 2 is 1.95 bits per heavy atom. The van der Waals surface area contributed by atoms with E-state index < -0.39 is 0 Å². The van der Waals surface area contributed by atoms with Crippen LogP contribution in [0, 0.1) is 0 Å². The summed E-state index contributed by atoms with van der Waals surface area (Å²) in [6.45, 7) is 7.36. The average molecular weight is 289 g/mol. The van der Waals surface area contributed by atoms with Gasteiger partial charge in [0.15, 0.2) is 0 Å². The molecule has 0 radical (unpaired) electrons. The van der Waals surface area contributed by atoms with E-state index in [1.807, 2.05) is 0 Å². The zero-order chi connectivity index (χ0) is 15.1. The van der Waals surface area contributed by atoms with Gasteiger partial charge in [-0.3, -0.25) is 10.3 Å². The third kappa shape index (κ3) is 5.36. The van der Waals surface area contributed by atoms with Gasteiger partial charge in [-0.2, -0.15) is 0 Å². The molecule has 1 heterocycles. The number of hydrogen-bond donors (Lipinski definition) is 3. The zero-order valence-electron chi connectivity index (χ0n) is 13.0. The summed E-state index contributed by atoms with van der Waals surface area (Å²) >= 11 is 0. The summed E-state index contributed by atoms with van der Waals surface area (Å²) in [6, 6.07) is 11.3. The van der Waals surface area contributed by atoms with Gasteiger partial charge in [-0.25, -0.2) is 10.8 Å². The van der Waals surface area contributed by atoms with Crippen LogP contribution in [0.15, 0.2) is 35.3 Å². The highest BCUT2D eigenvalue weighted by Gasteiger charge is 2.19. The molecule has 1 fully saturated rings. The van der Waals surface area contributed by atoms with E-state index >= 15 is 0 Å². The molecular weight excluding hydrogens is 262 g/mol. The molecule has 0 unspecified atom stereocenters. The number of aliphatic imine (C=N–C) groups is 1. The minimum absolute atomic E-state index is 0.331. The fourth-order valence-electron chi connectivity index (χ4n) is 2.62. The predicted molar refractivity (Wildman–Crippen MR) is 87.8 cm³/mol. The molecular formula is C16H27N5. The van der Waals surface area contributed by atoms with Gasteiger partial charge in [0.2, 0.25) is 5.96 Å². The van der Waals surface area contributed by atoms with E-state index in [9.17, 15) is 0 Å². The Kier molecular flexibility index (Phi) is 6.02. The molecule has 21 heavy (non-hydrogen) atoms. The van der Waals surface area contributed by atoms with Crippen molar-refractivity contribution in [2.45, 2.75) is 45.3 Å². The predicted octanol–water partition coefficient (Wildman–Crippen LogP) is 1.47. The standard InChI is InChI=1S/C16H27N5/c1-13(2)18-16(20-17)19-15-8-10-21(11-9-15)12-14-6-4-3-5-7-14/h3-7,13,15H,8-12,17H2,1-2H3,(H2,18,19,20). The number of piperidine rings is 1. The summed E-state index contributed by atoms with van der Waals surface area (Å²) in [5.41, 5.74) is 4.04. The number of rotatable bonds is 4. The maximum absolute atomic E-state index is 5.51. The van der Waals surface area contributed by atoms with Crippen LogP contribution in [-0.4, -0.2) is 36.0 Å². The van der Waals surface area contributed by atoms with Gasteiger partial charge in [0.25, 0.3) is 0 Å². The van der Waals surface area contributed by atoms with E-state index in [0.29, 0.717) is 18.0 Å². The molecule has 0 bridgehead atoms. The fraction of sp³-hybridized carbons (Fsp3) is 0.562. The summed E-state index contributed by atoms with van der Waals surface area (Å²) in [4.78, 5) is 7.17. The molecule has 1 aliphatic heterocycles. The zero-order valence-corrected chi connectivity index (χ0v) is 13.0. The topological polar surface area (TPSA) is 65.7 Å². The minimum atomic E-state index is 0.331. The summed E-state index contributed by atoms with van der Waals surface area (Å²) in [5, 5.41) is 3.23. The number of nitrogens with zero attached hydrogens (tertiary/aromatic N) is 2. The van der Waals surface area contributed by atoms with Gasteiger partial charge in [0, 0.05) is 25.7 Å². The molecule has 0 amide bonds. The largest absolute Gasteiger partial charge is 0.353 e. The molecule has 1 aromatic carbocycles. The Labute approximate surface area is 127 Å². The van der Waals surface area contributed by atoms with Crippen molar-refractivity contribution < 1.29 is 0 Å². The van der Waals surface area contributed by atoms with Crippen LogP contribution in [0.3, 0.4) is 0 Å². The van der Waals surface area contributed by atoms with Gasteiger partial charge in [0.1, 0.15) is 0 Å². The number of nitrogens with one attached hydrogen (secondary N) is 2. The molecule has 4 N–H and O–H groups in total. The van der Waals surface area contributed by atoms with Crippen molar-refractivity contribution >= 4 is 5.96 Å². The molecule has 5 nitrogen and oxygen atoms in total. The summed E-state index contributed by atoms with van der Waals surface area (Å²) in [7, 11) is 0. The fourth-order valence-corrected chi connectivity index (χ4v) is 2.62. The first-order valence-electron chi connectivity index (χ1n) is 7.74. The number of guanidine groups is 1. The highest BCUT2D eigenvalue weighted by Crippen LogP contribution is 2.16. The van der Waals surface area contributed by atoms with E-state index in [2.05, 4.69) is 64.8 Å². The first-order chi connectivity index (χ1) is 10.2. The van der Waals surface area contributed by atoms with Crippen LogP contribution < -0.4 is 16.6 Å². The molecule has 116 valence electrons. The van der Waals surface area contributed by atoms with E-state index in [1.165, 1.54) is 5.56 Å². The third-order valence-electron chi connectivity index (χ3n) is 3.68. The Balaban J connectivity index is 1.81. The van der Waals surface area contributed by atoms with Crippen molar-refractivity contribution in [2.75, 3.05) is 13.1 Å². The highest BCUT2D eigenvalue weighted by molar-refractivity contribution is 5.79. The summed E-state index contributed by atoms with van der Waals surface area (Å²) in [5.74, 6) is 6.21. The van der Waals surface area contributed by atoms with Gasteiger partial charge in [-0.05, 0) is 32.3 Å². The highest BCUT2D eigenvalue weighted by atomic mass is 15.3. The van der Waals surface area contributed by atoms with Crippen molar-refractivity contribution in [3.8, 4) is 0 Å². The van der Waals surface area contributed by atoms with Crippen LogP contribution in [0.25, 0.3) is 0 Å². The van der Waals surface area contributed by atoms with Crippen LogP contribution in [0.5, 0.6) is 0 Å². The quantitative estimate of drug-likeness (QED) is 0.340. The van der Waals surface area contributed by atoms with Crippen LogP contribution in [0.4, 0.5) is 0 Å². The normalized spacial score (nSPS) is 18.0. The molecule has 0 aliphatic carbocycles. The molecule has 2 rings (SSSR count). The van der Waals surface area contributed by atoms with Crippen LogP contribution in [0.2, 0.25) is 0 Å². The lowest BCUT2D eigenvalue weighted by molar-refractivity contribution is 0.206. The second kappa shape index (κ2) is 8.00. The van der Waals surface area contributed by atoms with Gasteiger partial charge >= 0.3 is 0 Å². The first-order valence-corrected chi connectivity index (χ1v) is 7.74. The van der Waals surface area contributed by atoms with Crippen molar-refractivity contribution in [3.63, 3.8) is 0 Å². The van der Waals surface area contributed by atoms with Crippen molar-refractivity contribution in [1.29, 1.82) is 0 Å². The summed E-state index contributed by atoms with van der Waals surface area (Å²) in [6.07, 6.45) is 2.16. The maximum atomic E-state index is 5.51. The monoisotopic (exact) mass is 289 g/mol. The minimum Gasteiger partial charge on any atom is -0.353 e. The number of hydrazine groups is 1. The molecule has 1 aliphatic rings. The lowest BCUT2D eigenvalue weighted by atomic mass is 10.0. The molecule has 0 saturated carbocycles. The lowest BCUT2D eigenvalue weighted by Crippen LogP contribution is -2.46.